The summed E-state index contributed by atoms with van der Waals surface area (Å²) in [7, 11) is 0. The van der Waals surface area contributed by atoms with Gasteiger partial charge in [0.25, 0.3) is 0 Å². The summed E-state index contributed by atoms with van der Waals surface area (Å²) in [6, 6.07) is 8.98. The van der Waals surface area contributed by atoms with Gasteiger partial charge in [0.2, 0.25) is 0 Å². The molecule has 0 radical (unpaired) electrons. The summed E-state index contributed by atoms with van der Waals surface area (Å²) in [5.41, 5.74) is 2.93. The molecule has 0 spiro atoms. The van der Waals surface area contributed by atoms with Crippen LogP contribution in [0.3, 0.4) is 0 Å². The molecule has 0 amide bonds. The second kappa shape index (κ2) is 6.62. The molecule has 15 heavy (non-hydrogen) atoms. The largest absolute Gasteiger partial charge is 0.317 e. The third-order valence-corrected chi connectivity index (χ3v) is 2.93. The van der Waals surface area contributed by atoms with Gasteiger partial charge in [-0.15, -0.1) is 0 Å². The molecule has 0 aliphatic heterocycles. The van der Waals surface area contributed by atoms with Crippen LogP contribution in [0.15, 0.2) is 24.3 Å². The minimum atomic E-state index is 0.663. The fourth-order valence-electron chi connectivity index (χ4n) is 1.78. The molecule has 0 saturated carbocycles. The summed E-state index contributed by atoms with van der Waals surface area (Å²) >= 11 is 0. The van der Waals surface area contributed by atoms with Crippen LogP contribution in [0, 0.1) is 0 Å². The third-order valence-electron chi connectivity index (χ3n) is 2.93. The summed E-state index contributed by atoms with van der Waals surface area (Å²) in [6.45, 7) is 8.87. The molecular weight excluding hydrogens is 182 g/mol. The van der Waals surface area contributed by atoms with Gasteiger partial charge in [-0.1, -0.05) is 45.0 Å². The lowest BCUT2D eigenvalue weighted by Gasteiger charge is -2.13. The Hall–Kier alpha value is -0.820. The first-order chi connectivity index (χ1) is 7.27. The Kier molecular flexibility index (Phi) is 5.41. The van der Waals surface area contributed by atoms with Crippen molar-refractivity contribution in [3.8, 4) is 0 Å². The van der Waals surface area contributed by atoms with Crippen molar-refractivity contribution in [3.05, 3.63) is 35.4 Å². The van der Waals surface area contributed by atoms with Crippen molar-refractivity contribution in [2.75, 3.05) is 13.1 Å². The molecule has 0 fully saturated rings. The Morgan fingerprint density at radius 1 is 1.27 bits per heavy atom. The van der Waals surface area contributed by atoms with Crippen LogP contribution in [-0.2, 0) is 6.42 Å². The molecule has 0 bridgehead atoms. The van der Waals surface area contributed by atoms with Gasteiger partial charge >= 0.3 is 0 Å². The van der Waals surface area contributed by atoms with E-state index in [1.165, 1.54) is 17.5 Å². The summed E-state index contributed by atoms with van der Waals surface area (Å²) in [5.74, 6) is 0.663. The minimum absolute atomic E-state index is 0.663. The number of aryl methyl sites for hydroxylation is 1. The highest BCUT2D eigenvalue weighted by atomic mass is 14.8. The summed E-state index contributed by atoms with van der Waals surface area (Å²) in [6.07, 6.45) is 2.36. The second-order valence-corrected chi connectivity index (χ2v) is 4.14. The van der Waals surface area contributed by atoms with E-state index < -0.39 is 0 Å². The second-order valence-electron chi connectivity index (χ2n) is 4.14. The predicted octanol–water partition coefficient (Wildman–Crippen LogP) is 3.35. The lowest BCUT2D eigenvalue weighted by Crippen LogP contribution is -2.15. The average molecular weight is 205 g/mol. The summed E-state index contributed by atoms with van der Waals surface area (Å²) in [4.78, 5) is 0. The number of benzene rings is 1. The molecule has 1 nitrogen and oxygen atoms in total. The maximum atomic E-state index is 3.38. The first-order valence-electron chi connectivity index (χ1n) is 6.07. The molecule has 0 aliphatic rings. The smallest absolute Gasteiger partial charge is 0.00433 e. The van der Waals surface area contributed by atoms with Gasteiger partial charge in [-0.05, 0) is 43.0 Å². The molecule has 1 N–H and O–H groups in total. The molecule has 1 rings (SSSR count). The van der Waals surface area contributed by atoms with Crippen molar-refractivity contribution in [1.29, 1.82) is 0 Å². The van der Waals surface area contributed by atoms with Crippen molar-refractivity contribution < 1.29 is 0 Å². The van der Waals surface area contributed by atoms with E-state index in [-0.39, 0.29) is 0 Å². The Bertz CT molecular complexity index is 280. The maximum Gasteiger partial charge on any atom is -0.00433 e. The molecule has 1 atom stereocenters. The van der Waals surface area contributed by atoms with Crippen molar-refractivity contribution in [2.24, 2.45) is 0 Å². The van der Waals surface area contributed by atoms with E-state index in [4.69, 9.17) is 0 Å². The molecule has 84 valence electrons. The topological polar surface area (TPSA) is 12.0 Å². The van der Waals surface area contributed by atoms with Crippen molar-refractivity contribution >= 4 is 0 Å². The van der Waals surface area contributed by atoms with Gasteiger partial charge in [-0.25, -0.2) is 0 Å². The summed E-state index contributed by atoms with van der Waals surface area (Å²) < 4.78 is 0. The van der Waals surface area contributed by atoms with E-state index >= 15 is 0 Å². The quantitative estimate of drug-likeness (QED) is 0.702. The first kappa shape index (κ1) is 12.3. The van der Waals surface area contributed by atoms with Crippen LogP contribution in [0.1, 0.15) is 44.2 Å². The fraction of sp³-hybridized carbons (Fsp3) is 0.571. The first-order valence-corrected chi connectivity index (χ1v) is 6.07. The molecule has 1 unspecified atom stereocenters. The maximum absolute atomic E-state index is 3.38. The molecular formula is C14H23N. The van der Waals surface area contributed by atoms with Gasteiger partial charge in [-0.3, -0.25) is 0 Å². The number of rotatable bonds is 6. The van der Waals surface area contributed by atoms with Crippen molar-refractivity contribution in [2.45, 2.75) is 39.5 Å². The van der Waals surface area contributed by atoms with Gasteiger partial charge in [0, 0.05) is 0 Å². The normalized spacial score (nSPS) is 12.7. The van der Waals surface area contributed by atoms with Gasteiger partial charge in [0.15, 0.2) is 0 Å². The number of hydrogen-bond donors (Lipinski definition) is 1. The Morgan fingerprint density at radius 3 is 2.73 bits per heavy atom. The Labute approximate surface area is 93.9 Å². The number of nitrogens with one attached hydrogen (secondary N) is 1. The van der Waals surface area contributed by atoms with E-state index in [0.717, 1.165) is 19.5 Å². The highest BCUT2D eigenvalue weighted by Gasteiger charge is 2.04. The van der Waals surface area contributed by atoms with E-state index in [9.17, 15) is 0 Å². The molecule has 0 heterocycles. The molecule has 1 aromatic rings. The minimum Gasteiger partial charge on any atom is -0.317 e. The zero-order chi connectivity index (χ0) is 11.1. The van der Waals surface area contributed by atoms with Gasteiger partial charge in [0.05, 0.1) is 0 Å². The van der Waals surface area contributed by atoms with Crippen LogP contribution < -0.4 is 5.32 Å². The number of hydrogen-bond acceptors (Lipinski definition) is 1. The predicted molar refractivity (Wildman–Crippen MR) is 67.4 cm³/mol. The highest BCUT2D eigenvalue weighted by Crippen LogP contribution is 2.19. The zero-order valence-electron chi connectivity index (χ0n) is 10.2. The van der Waals surface area contributed by atoms with Crippen LogP contribution in [0.2, 0.25) is 0 Å². The Balaban J connectivity index is 2.52. The van der Waals surface area contributed by atoms with Crippen molar-refractivity contribution in [1.82, 2.24) is 5.32 Å². The van der Waals surface area contributed by atoms with Crippen LogP contribution >= 0.6 is 0 Å². The lowest BCUT2D eigenvalue weighted by molar-refractivity contribution is 0.608. The third kappa shape index (κ3) is 4.05. The van der Waals surface area contributed by atoms with Crippen LogP contribution in [0.4, 0.5) is 0 Å². The van der Waals surface area contributed by atoms with E-state index in [0.29, 0.717) is 5.92 Å². The molecule has 1 aromatic carbocycles. The van der Waals surface area contributed by atoms with Gasteiger partial charge in [-0.2, -0.15) is 0 Å². The van der Waals surface area contributed by atoms with Crippen LogP contribution in [-0.4, -0.2) is 13.1 Å². The molecule has 0 aliphatic carbocycles. The molecule has 0 aromatic heterocycles. The lowest BCUT2D eigenvalue weighted by atomic mass is 9.95. The van der Waals surface area contributed by atoms with E-state index in [1.54, 1.807) is 0 Å². The SMILES string of the molecule is CCNCCC(C)c1cccc(CC)c1. The molecule has 0 saturated heterocycles. The van der Waals surface area contributed by atoms with Crippen LogP contribution in [0.5, 0.6) is 0 Å². The van der Waals surface area contributed by atoms with Crippen molar-refractivity contribution in [3.63, 3.8) is 0 Å². The standard InChI is InChI=1S/C14H23N/c1-4-13-7-6-8-14(11-13)12(3)9-10-15-5-2/h6-8,11-12,15H,4-5,9-10H2,1-3H3. The highest BCUT2D eigenvalue weighted by molar-refractivity contribution is 5.26. The average Bonchev–Trinajstić information content (AvgIpc) is 2.29. The fourth-order valence-corrected chi connectivity index (χ4v) is 1.78. The van der Waals surface area contributed by atoms with Crippen LogP contribution in [0.25, 0.3) is 0 Å². The monoisotopic (exact) mass is 205 g/mol. The van der Waals surface area contributed by atoms with Gasteiger partial charge < -0.3 is 5.32 Å². The molecule has 1 heteroatoms. The zero-order valence-corrected chi connectivity index (χ0v) is 10.2. The van der Waals surface area contributed by atoms with E-state index in [2.05, 4.69) is 50.4 Å². The van der Waals surface area contributed by atoms with Gasteiger partial charge in [0.1, 0.15) is 0 Å². The Morgan fingerprint density at radius 2 is 2.07 bits per heavy atom. The summed E-state index contributed by atoms with van der Waals surface area (Å²) in [5, 5.41) is 3.38. The van der Waals surface area contributed by atoms with E-state index in [1.807, 2.05) is 0 Å².